The maximum atomic E-state index is 13.5. The van der Waals surface area contributed by atoms with E-state index in [1.165, 1.54) is 37.0 Å². The summed E-state index contributed by atoms with van der Waals surface area (Å²) in [4.78, 5) is 54.3. The Morgan fingerprint density at radius 3 is 2.29 bits per heavy atom. The van der Waals surface area contributed by atoms with Crippen LogP contribution in [0.5, 0.6) is 11.5 Å². The van der Waals surface area contributed by atoms with E-state index >= 15 is 0 Å². The maximum Gasteiger partial charge on any atom is 0.272 e. The van der Waals surface area contributed by atoms with Gasteiger partial charge in [-0.1, -0.05) is 18.2 Å². The minimum atomic E-state index is -0.561. The van der Waals surface area contributed by atoms with Crippen LogP contribution in [0.25, 0.3) is 6.08 Å². The van der Waals surface area contributed by atoms with Crippen LogP contribution >= 0.6 is 34.4 Å². The number of imide groups is 1. The standard InChI is InChI=1S/C34H28IN3O6S/c1-43-26-14-17-29(44-2)22(18-26)19-28(37-32(40)21-6-4-3-5-7-21)33(41)36-24-10-15-27(16-11-24)45-30-20-31(39)38(34(30)42)25-12-8-23(35)9-13-25/h3-19,30H,20H2,1-2H3,(H,36,41)(H,37,40)/b28-19-. The Balaban J connectivity index is 1.32. The van der Waals surface area contributed by atoms with Gasteiger partial charge < -0.3 is 20.1 Å². The van der Waals surface area contributed by atoms with Gasteiger partial charge in [0, 0.05) is 31.7 Å². The van der Waals surface area contributed by atoms with Crippen LogP contribution in [-0.2, 0) is 14.4 Å². The van der Waals surface area contributed by atoms with E-state index in [9.17, 15) is 19.2 Å². The molecule has 0 aromatic heterocycles. The fraction of sp³-hybridized carbons (Fsp3) is 0.118. The number of carbonyl (C=O) groups excluding carboxylic acids is 4. The van der Waals surface area contributed by atoms with Crippen LogP contribution in [0.2, 0.25) is 0 Å². The molecule has 0 saturated carbocycles. The summed E-state index contributed by atoms with van der Waals surface area (Å²) < 4.78 is 11.8. The molecule has 2 N–H and O–H groups in total. The van der Waals surface area contributed by atoms with E-state index in [2.05, 4.69) is 33.2 Å². The summed E-state index contributed by atoms with van der Waals surface area (Å²) in [5.74, 6) is -0.493. The number of anilines is 2. The van der Waals surface area contributed by atoms with Crippen molar-refractivity contribution in [1.29, 1.82) is 0 Å². The van der Waals surface area contributed by atoms with E-state index in [4.69, 9.17) is 9.47 Å². The number of ether oxygens (including phenoxy) is 2. The first-order valence-corrected chi connectivity index (χ1v) is 15.7. The molecular weight excluding hydrogens is 705 g/mol. The van der Waals surface area contributed by atoms with Crippen molar-refractivity contribution in [3.05, 3.63) is 117 Å². The van der Waals surface area contributed by atoms with Crippen molar-refractivity contribution in [3.8, 4) is 11.5 Å². The molecule has 1 aliphatic rings. The molecule has 45 heavy (non-hydrogen) atoms. The van der Waals surface area contributed by atoms with Crippen molar-refractivity contribution in [2.75, 3.05) is 24.4 Å². The molecule has 9 nitrogen and oxygen atoms in total. The van der Waals surface area contributed by atoms with Crippen molar-refractivity contribution in [2.24, 2.45) is 0 Å². The van der Waals surface area contributed by atoms with E-state index in [1.54, 1.807) is 84.9 Å². The zero-order valence-electron chi connectivity index (χ0n) is 24.3. The monoisotopic (exact) mass is 733 g/mol. The highest BCUT2D eigenvalue weighted by molar-refractivity contribution is 14.1. The smallest absolute Gasteiger partial charge is 0.272 e. The van der Waals surface area contributed by atoms with E-state index < -0.39 is 17.1 Å². The molecule has 4 amide bonds. The first-order chi connectivity index (χ1) is 21.7. The first kappa shape index (κ1) is 31.8. The predicted octanol–water partition coefficient (Wildman–Crippen LogP) is 6.14. The van der Waals surface area contributed by atoms with Gasteiger partial charge in [0.25, 0.3) is 11.8 Å². The third-order valence-corrected chi connectivity index (χ3v) is 8.76. The Hall–Kier alpha value is -4.62. The van der Waals surface area contributed by atoms with Crippen molar-refractivity contribution in [3.63, 3.8) is 0 Å². The molecule has 11 heteroatoms. The van der Waals surface area contributed by atoms with Gasteiger partial charge in [-0.3, -0.25) is 19.2 Å². The SMILES string of the molecule is COc1ccc(OC)c(/C=C(\NC(=O)c2ccccc2)C(=O)Nc2ccc(SC3CC(=O)N(c4ccc(I)cc4)C3=O)cc2)c1. The number of carbonyl (C=O) groups is 4. The minimum absolute atomic E-state index is 0.0142. The van der Waals surface area contributed by atoms with Crippen LogP contribution in [0.15, 0.2) is 108 Å². The third kappa shape index (κ3) is 7.73. The summed E-state index contributed by atoms with van der Waals surface area (Å²) in [7, 11) is 3.04. The highest BCUT2D eigenvalue weighted by atomic mass is 127. The van der Waals surface area contributed by atoms with E-state index in [0.717, 1.165) is 8.47 Å². The van der Waals surface area contributed by atoms with Gasteiger partial charge in [0.2, 0.25) is 11.8 Å². The van der Waals surface area contributed by atoms with Gasteiger partial charge in [0.15, 0.2) is 0 Å². The molecular formula is C34H28IN3O6S. The Bertz CT molecular complexity index is 1760. The second-order valence-corrected chi connectivity index (χ2v) is 12.3. The second-order valence-electron chi connectivity index (χ2n) is 9.82. The summed E-state index contributed by atoms with van der Waals surface area (Å²) in [5.41, 5.74) is 1.92. The van der Waals surface area contributed by atoms with Gasteiger partial charge >= 0.3 is 0 Å². The van der Waals surface area contributed by atoms with Gasteiger partial charge in [0.1, 0.15) is 17.2 Å². The molecule has 1 atom stereocenters. The zero-order valence-corrected chi connectivity index (χ0v) is 27.3. The summed E-state index contributed by atoms with van der Waals surface area (Å²) >= 11 is 3.46. The van der Waals surface area contributed by atoms with Crippen molar-refractivity contribution in [2.45, 2.75) is 16.6 Å². The predicted molar refractivity (Wildman–Crippen MR) is 182 cm³/mol. The highest BCUT2D eigenvalue weighted by Crippen LogP contribution is 2.34. The molecule has 1 saturated heterocycles. The van der Waals surface area contributed by atoms with Gasteiger partial charge in [-0.05, 0) is 108 Å². The van der Waals surface area contributed by atoms with E-state index in [1.807, 2.05) is 12.1 Å². The molecule has 1 fully saturated rings. The lowest BCUT2D eigenvalue weighted by atomic mass is 10.1. The Labute approximate surface area is 278 Å². The van der Waals surface area contributed by atoms with Gasteiger partial charge in [-0.15, -0.1) is 11.8 Å². The molecule has 5 rings (SSSR count). The third-order valence-electron chi connectivity index (χ3n) is 6.85. The average Bonchev–Trinajstić information content (AvgIpc) is 3.33. The van der Waals surface area contributed by atoms with Crippen LogP contribution in [0.3, 0.4) is 0 Å². The lowest BCUT2D eigenvalue weighted by Crippen LogP contribution is -2.31. The molecule has 228 valence electrons. The molecule has 0 bridgehead atoms. The Morgan fingerprint density at radius 2 is 1.62 bits per heavy atom. The average molecular weight is 734 g/mol. The molecule has 0 radical (unpaired) electrons. The zero-order chi connectivity index (χ0) is 31.9. The van der Waals surface area contributed by atoms with E-state index in [-0.39, 0.29) is 23.9 Å². The molecule has 1 unspecified atom stereocenters. The highest BCUT2D eigenvalue weighted by Gasteiger charge is 2.40. The Morgan fingerprint density at radius 1 is 0.911 bits per heavy atom. The van der Waals surface area contributed by atoms with Crippen LogP contribution in [0, 0.1) is 3.57 Å². The number of methoxy groups -OCH3 is 2. The number of thioether (sulfide) groups is 1. The number of nitrogens with zero attached hydrogens (tertiary/aromatic N) is 1. The van der Waals surface area contributed by atoms with Crippen molar-refractivity contribution < 1.29 is 28.7 Å². The number of nitrogens with one attached hydrogen (secondary N) is 2. The lowest BCUT2D eigenvalue weighted by molar-refractivity contribution is -0.121. The first-order valence-electron chi connectivity index (χ1n) is 13.8. The molecule has 0 spiro atoms. The van der Waals surface area contributed by atoms with Crippen molar-refractivity contribution in [1.82, 2.24) is 5.32 Å². The fourth-order valence-electron chi connectivity index (χ4n) is 4.59. The normalized spacial score (nSPS) is 14.7. The Kier molecular flexibility index (Phi) is 10.2. The number of benzene rings is 4. The number of hydrogen-bond acceptors (Lipinski definition) is 7. The van der Waals surface area contributed by atoms with Gasteiger partial charge in [-0.2, -0.15) is 0 Å². The number of rotatable bonds is 10. The summed E-state index contributed by atoms with van der Waals surface area (Å²) in [6.45, 7) is 0. The second kappa shape index (κ2) is 14.4. The topological polar surface area (TPSA) is 114 Å². The van der Waals surface area contributed by atoms with Crippen LogP contribution in [0.4, 0.5) is 11.4 Å². The largest absolute Gasteiger partial charge is 0.497 e. The maximum absolute atomic E-state index is 13.5. The summed E-state index contributed by atoms with van der Waals surface area (Å²) in [6, 6.07) is 27.8. The minimum Gasteiger partial charge on any atom is -0.497 e. The van der Waals surface area contributed by atoms with Gasteiger partial charge in [-0.25, -0.2) is 4.90 Å². The van der Waals surface area contributed by atoms with Crippen LogP contribution in [-0.4, -0.2) is 43.1 Å². The summed E-state index contributed by atoms with van der Waals surface area (Å²) in [6.07, 6.45) is 1.61. The van der Waals surface area contributed by atoms with Crippen LogP contribution in [0.1, 0.15) is 22.3 Å². The molecule has 1 heterocycles. The number of halogens is 1. The fourth-order valence-corrected chi connectivity index (χ4v) is 6.00. The molecule has 4 aromatic carbocycles. The number of amides is 4. The molecule has 0 aliphatic carbocycles. The lowest BCUT2D eigenvalue weighted by Gasteiger charge is -2.15. The summed E-state index contributed by atoms with van der Waals surface area (Å²) in [5, 5.41) is 4.98. The van der Waals surface area contributed by atoms with E-state index in [0.29, 0.717) is 34.0 Å². The number of hydrogen-bond donors (Lipinski definition) is 2. The quantitative estimate of drug-likeness (QED) is 0.114. The molecule has 4 aromatic rings. The molecule has 1 aliphatic heterocycles. The van der Waals surface area contributed by atoms with Crippen LogP contribution < -0.4 is 25.0 Å². The van der Waals surface area contributed by atoms with Crippen molar-refractivity contribution >= 4 is 75.4 Å². The van der Waals surface area contributed by atoms with Gasteiger partial charge in [0.05, 0.1) is 25.2 Å².